The zero-order valence-electron chi connectivity index (χ0n) is 20.1. The van der Waals surface area contributed by atoms with Gasteiger partial charge >= 0.3 is 0 Å². The zero-order valence-corrected chi connectivity index (χ0v) is 20.1. The molecule has 1 fully saturated rings. The number of rotatable bonds is 10. The van der Waals surface area contributed by atoms with Crippen LogP contribution in [-0.4, -0.2) is 40.5 Å². The van der Waals surface area contributed by atoms with Gasteiger partial charge in [0.1, 0.15) is 29.9 Å². The van der Waals surface area contributed by atoms with Crippen LogP contribution in [0.25, 0.3) is 11.1 Å². The van der Waals surface area contributed by atoms with Gasteiger partial charge in [-0.15, -0.1) is 0 Å². The molecule has 0 radical (unpaired) electrons. The van der Waals surface area contributed by atoms with Crippen molar-refractivity contribution < 1.29 is 28.9 Å². The first-order chi connectivity index (χ1) is 17.4. The summed E-state index contributed by atoms with van der Waals surface area (Å²) in [6.45, 7) is 0.356. The van der Waals surface area contributed by atoms with E-state index in [2.05, 4.69) is 0 Å². The minimum Gasteiger partial charge on any atom is -0.488 e. The van der Waals surface area contributed by atoms with Gasteiger partial charge in [0.05, 0.1) is 12.7 Å². The highest BCUT2D eigenvalue weighted by molar-refractivity contribution is 5.74. The predicted octanol–water partition coefficient (Wildman–Crippen LogP) is 4.15. The average Bonchev–Trinajstić information content (AvgIpc) is 2.87. The van der Waals surface area contributed by atoms with E-state index in [-0.39, 0.29) is 18.1 Å². The van der Waals surface area contributed by atoms with Crippen LogP contribution in [0.4, 0.5) is 4.39 Å². The van der Waals surface area contributed by atoms with Crippen molar-refractivity contribution in [2.75, 3.05) is 0 Å². The Morgan fingerprint density at radius 3 is 2.44 bits per heavy atom. The van der Waals surface area contributed by atoms with Crippen molar-refractivity contribution in [3.8, 4) is 16.9 Å². The number of halogens is 1. The Balaban J connectivity index is 1.45. The maximum Gasteiger partial charge on any atom is 0.217 e. The number of nitrogens with two attached hydrogens (primary N) is 1. The largest absolute Gasteiger partial charge is 0.488 e. The third-order valence-corrected chi connectivity index (χ3v) is 6.53. The fourth-order valence-corrected chi connectivity index (χ4v) is 4.60. The van der Waals surface area contributed by atoms with Crippen molar-refractivity contribution in [1.82, 2.24) is 0 Å². The highest BCUT2D eigenvalue weighted by Crippen LogP contribution is 2.32. The quantitative estimate of drug-likeness (QED) is 0.394. The lowest BCUT2D eigenvalue weighted by Gasteiger charge is -2.37. The van der Waals surface area contributed by atoms with Gasteiger partial charge in [0.2, 0.25) is 5.91 Å². The number of ether oxygens (including phenoxy) is 2. The summed E-state index contributed by atoms with van der Waals surface area (Å²) >= 11 is 0. The fraction of sp³-hybridized carbons (Fsp3) is 0.345. The molecule has 0 aliphatic heterocycles. The van der Waals surface area contributed by atoms with E-state index in [4.69, 9.17) is 15.2 Å². The number of carbonyl (C=O) groups is 1. The Bertz CT molecular complexity index is 1160. The molecule has 0 aromatic heterocycles. The number of hydrogen-bond donors (Lipinski definition) is 3. The van der Waals surface area contributed by atoms with Gasteiger partial charge in [-0.2, -0.15) is 0 Å². The van der Waals surface area contributed by atoms with Gasteiger partial charge in [-0.05, 0) is 72.2 Å². The Morgan fingerprint density at radius 1 is 0.944 bits per heavy atom. The number of hydrogen-bond acceptors (Lipinski definition) is 5. The van der Waals surface area contributed by atoms with Crippen LogP contribution < -0.4 is 10.5 Å². The molecule has 0 saturated heterocycles. The van der Waals surface area contributed by atoms with Crippen molar-refractivity contribution in [1.29, 1.82) is 0 Å². The molecule has 36 heavy (non-hydrogen) atoms. The van der Waals surface area contributed by atoms with Crippen LogP contribution in [0.2, 0.25) is 0 Å². The highest BCUT2D eigenvalue weighted by atomic mass is 19.1. The molecule has 4 rings (SSSR count). The summed E-state index contributed by atoms with van der Waals surface area (Å²) in [5.41, 5.74) is 8.68. The summed E-state index contributed by atoms with van der Waals surface area (Å²) in [6.07, 6.45) is -0.814. The first kappa shape index (κ1) is 25.8. The molecule has 1 saturated carbocycles. The summed E-state index contributed by atoms with van der Waals surface area (Å²) in [5.74, 6) is -0.208. The molecule has 0 bridgehead atoms. The number of benzene rings is 3. The van der Waals surface area contributed by atoms with Gasteiger partial charge in [0.15, 0.2) is 0 Å². The van der Waals surface area contributed by atoms with Crippen molar-refractivity contribution in [3.05, 3.63) is 89.7 Å². The molecule has 6 nitrogen and oxygen atoms in total. The Hall–Kier alpha value is -3.26. The van der Waals surface area contributed by atoms with Crippen LogP contribution in [0.3, 0.4) is 0 Å². The zero-order chi connectivity index (χ0) is 25.5. The molecule has 4 unspecified atom stereocenters. The molecule has 4 N–H and O–H groups in total. The van der Waals surface area contributed by atoms with Crippen LogP contribution in [0, 0.1) is 5.82 Å². The summed E-state index contributed by atoms with van der Waals surface area (Å²) in [7, 11) is 0. The second-order valence-electron chi connectivity index (χ2n) is 9.20. The molecule has 0 heterocycles. The van der Waals surface area contributed by atoms with Gasteiger partial charge in [-0.3, -0.25) is 4.79 Å². The first-order valence-electron chi connectivity index (χ1n) is 12.3. The second kappa shape index (κ2) is 12.1. The molecule has 1 aliphatic rings. The number of primary amides is 1. The molecule has 3 aromatic rings. The Labute approximate surface area is 210 Å². The van der Waals surface area contributed by atoms with E-state index >= 15 is 0 Å². The van der Waals surface area contributed by atoms with Crippen LogP contribution >= 0.6 is 0 Å². The molecule has 4 atom stereocenters. The number of carbonyl (C=O) groups excluding carboxylic acids is 1. The van der Waals surface area contributed by atoms with Gasteiger partial charge < -0.3 is 25.4 Å². The minimum atomic E-state index is -1.12. The van der Waals surface area contributed by atoms with Gasteiger partial charge in [-0.1, -0.05) is 48.5 Å². The Morgan fingerprint density at radius 2 is 1.69 bits per heavy atom. The maximum absolute atomic E-state index is 14.0. The third kappa shape index (κ3) is 6.69. The van der Waals surface area contributed by atoms with Crippen LogP contribution in [-0.2, 0) is 22.6 Å². The number of aryl methyl sites for hydroxylation is 1. The molecule has 3 aromatic carbocycles. The van der Waals surface area contributed by atoms with E-state index in [1.807, 2.05) is 48.5 Å². The SMILES string of the molecule is NC(=O)CCCc1ccc(OC2CCC(OCc3ccccc3)C(O)C2O)cc1-c1cccc(F)c1. The normalized spacial score (nSPS) is 21.8. The number of amides is 1. The van der Waals surface area contributed by atoms with Crippen LogP contribution in [0.1, 0.15) is 36.8 Å². The van der Waals surface area contributed by atoms with Crippen LogP contribution in [0.5, 0.6) is 5.75 Å². The van der Waals surface area contributed by atoms with Crippen molar-refractivity contribution >= 4 is 5.91 Å². The predicted molar refractivity (Wildman–Crippen MR) is 135 cm³/mol. The van der Waals surface area contributed by atoms with Crippen molar-refractivity contribution in [2.45, 2.75) is 63.1 Å². The molecule has 1 amide bonds. The van der Waals surface area contributed by atoms with E-state index in [0.29, 0.717) is 43.6 Å². The third-order valence-electron chi connectivity index (χ3n) is 6.53. The van der Waals surface area contributed by atoms with E-state index in [0.717, 1.165) is 16.7 Å². The minimum absolute atomic E-state index is 0.264. The molecular weight excluding hydrogens is 461 g/mol. The van der Waals surface area contributed by atoms with Crippen LogP contribution in [0.15, 0.2) is 72.8 Å². The van der Waals surface area contributed by atoms with Gasteiger partial charge in [-0.25, -0.2) is 4.39 Å². The average molecular weight is 494 g/mol. The lowest BCUT2D eigenvalue weighted by atomic mass is 9.89. The Kier molecular flexibility index (Phi) is 8.70. The van der Waals surface area contributed by atoms with Crippen molar-refractivity contribution in [3.63, 3.8) is 0 Å². The van der Waals surface area contributed by atoms with Gasteiger partial charge in [0.25, 0.3) is 0 Å². The highest BCUT2D eigenvalue weighted by Gasteiger charge is 2.39. The summed E-state index contributed by atoms with van der Waals surface area (Å²) in [6, 6.07) is 21.5. The molecule has 0 spiro atoms. The summed E-state index contributed by atoms with van der Waals surface area (Å²) < 4.78 is 25.9. The summed E-state index contributed by atoms with van der Waals surface area (Å²) in [5, 5.41) is 21.4. The molecule has 7 heteroatoms. The van der Waals surface area contributed by atoms with E-state index in [1.54, 1.807) is 12.1 Å². The molecule has 1 aliphatic carbocycles. The fourth-order valence-electron chi connectivity index (χ4n) is 4.60. The topological polar surface area (TPSA) is 102 Å². The monoisotopic (exact) mass is 493 g/mol. The smallest absolute Gasteiger partial charge is 0.217 e. The lowest BCUT2D eigenvalue weighted by molar-refractivity contribution is -0.150. The van der Waals surface area contributed by atoms with Gasteiger partial charge in [0, 0.05) is 6.42 Å². The van der Waals surface area contributed by atoms with Crippen molar-refractivity contribution in [2.24, 2.45) is 5.73 Å². The number of aliphatic hydroxyl groups is 2. The second-order valence-corrected chi connectivity index (χ2v) is 9.20. The standard InChI is InChI=1S/C29H32FNO5/c30-22-10-4-9-21(16-22)24-17-23(13-12-20(24)8-5-11-27(31)32)36-26-15-14-25(28(33)29(26)34)35-18-19-6-2-1-3-7-19/h1-4,6-7,9-10,12-13,16-17,25-26,28-29,33-34H,5,8,11,14-15,18H2,(H2,31,32). The molecule has 190 valence electrons. The summed E-state index contributed by atoms with van der Waals surface area (Å²) in [4.78, 5) is 11.2. The number of aliphatic hydroxyl groups excluding tert-OH is 2. The first-order valence-corrected chi connectivity index (χ1v) is 12.3. The molecular formula is C29H32FNO5. The van der Waals surface area contributed by atoms with E-state index in [9.17, 15) is 19.4 Å². The van der Waals surface area contributed by atoms with E-state index in [1.165, 1.54) is 12.1 Å². The maximum atomic E-state index is 14.0. The lowest BCUT2D eigenvalue weighted by Crippen LogP contribution is -2.52. The van der Waals surface area contributed by atoms with E-state index < -0.39 is 24.4 Å².